The van der Waals surface area contributed by atoms with Crippen molar-refractivity contribution >= 4 is 22.4 Å². The van der Waals surface area contributed by atoms with Crippen LogP contribution >= 0.6 is 11.3 Å². The Morgan fingerprint density at radius 3 is 2.70 bits per heavy atom. The Kier molecular flexibility index (Phi) is 2.93. The average Bonchev–Trinajstić information content (AvgIpc) is 2.92. The molecule has 104 valence electrons. The molecular formula is C13H9F3N2OS. The second-order valence-electron chi connectivity index (χ2n) is 4.30. The Morgan fingerprint density at radius 1 is 1.25 bits per heavy atom. The van der Waals surface area contributed by atoms with Gasteiger partial charge in [-0.3, -0.25) is 0 Å². The van der Waals surface area contributed by atoms with E-state index in [4.69, 9.17) is 0 Å². The molecule has 0 saturated carbocycles. The molecule has 2 aromatic heterocycles. The molecule has 1 N–H and O–H groups in total. The first-order chi connectivity index (χ1) is 9.40. The molecule has 2 heterocycles. The average molecular weight is 298 g/mol. The van der Waals surface area contributed by atoms with E-state index < -0.39 is 6.36 Å². The molecule has 20 heavy (non-hydrogen) atoms. The lowest BCUT2D eigenvalue weighted by Gasteiger charge is -2.07. The number of benzene rings is 1. The van der Waals surface area contributed by atoms with Crippen LogP contribution < -0.4 is 4.74 Å². The van der Waals surface area contributed by atoms with Gasteiger partial charge in [0.1, 0.15) is 11.6 Å². The molecular weight excluding hydrogens is 289 g/mol. The smallest absolute Gasteiger partial charge is 0.406 e. The van der Waals surface area contributed by atoms with Gasteiger partial charge in [-0.2, -0.15) is 0 Å². The number of aromatic amines is 1. The standard InChI is InChI=1S/C13H9F3N2OS/c1-7-4-11(20-6-7)12-17-9-3-2-8(5-10(9)18-12)19-13(14,15)16/h2-6H,1H3,(H,17,18). The Bertz CT molecular complexity index is 760. The second-order valence-corrected chi connectivity index (χ2v) is 5.21. The molecule has 0 radical (unpaired) electrons. The fourth-order valence-corrected chi connectivity index (χ4v) is 2.70. The molecule has 0 fully saturated rings. The van der Waals surface area contributed by atoms with Gasteiger partial charge in [-0.15, -0.1) is 24.5 Å². The van der Waals surface area contributed by atoms with Gasteiger partial charge >= 0.3 is 6.36 Å². The summed E-state index contributed by atoms with van der Waals surface area (Å²) in [6.45, 7) is 1.97. The van der Waals surface area contributed by atoms with Gasteiger partial charge < -0.3 is 9.72 Å². The van der Waals surface area contributed by atoms with Gasteiger partial charge in [-0.1, -0.05) is 0 Å². The highest BCUT2D eigenvalue weighted by atomic mass is 32.1. The minimum atomic E-state index is -4.69. The summed E-state index contributed by atoms with van der Waals surface area (Å²) >= 11 is 1.53. The third-order valence-electron chi connectivity index (χ3n) is 2.65. The molecule has 3 nitrogen and oxygen atoms in total. The van der Waals surface area contributed by atoms with Crippen LogP contribution in [0.2, 0.25) is 0 Å². The molecule has 0 saturated heterocycles. The van der Waals surface area contributed by atoms with E-state index in [9.17, 15) is 13.2 Å². The van der Waals surface area contributed by atoms with E-state index in [0.29, 0.717) is 16.9 Å². The van der Waals surface area contributed by atoms with E-state index in [2.05, 4.69) is 14.7 Å². The number of nitrogens with one attached hydrogen (secondary N) is 1. The molecule has 0 aliphatic heterocycles. The number of fused-ring (bicyclic) bond motifs is 1. The number of aromatic nitrogens is 2. The van der Waals surface area contributed by atoms with Gasteiger partial charge in [0.2, 0.25) is 0 Å². The van der Waals surface area contributed by atoms with Crippen LogP contribution in [0.4, 0.5) is 13.2 Å². The Balaban J connectivity index is 1.99. The number of hydrogen-bond acceptors (Lipinski definition) is 3. The van der Waals surface area contributed by atoms with E-state index in [1.807, 2.05) is 18.4 Å². The number of rotatable bonds is 2. The SMILES string of the molecule is Cc1csc(-c2nc3ccc(OC(F)(F)F)cc3[nH]2)c1. The summed E-state index contributed by atoms with van der Waals surface area (Å²) in [5.41, 5.74) is 2.22. The Labute approximate surface area is 116 Å². The number of thiophene rings is 1. The fourth-order valence-electron chi connectivity index (χ4n) is 1.86. The van der Waals surface area contributed by atoms with Gasteiger partial charge in [0, 0.05) is 6.07 Å². The van der Waals surface area contributed by atoms with Crippen LogP contribution in [-0.4, -0.2) is 16.3 Å². The highest BCUT2D eigenvalue weighted by molar-refractivity contribution is 7.13. The summed E-state index contributed by atoms with van der Waals surface area (Å²) in [7, 11) is 0. The largest absolute Gasteiger partial charge is 0.573 e. The van der Waals surface area contributed by atoms with E-state index in [0.717, 1.165) is 10.4 Å². The van der Waals surface area contributed by atoms with E-state index >= 15 is 0 Å². The highest BCUT2D eigenvalue weighted by Gasteiger charge is 2.31. The Morgan fingerprint density at radius 2 is 2.05 bits per heavy atom. The lowest BCUT2D eigenvalue weighted by atomic mass is 10.3. The molecule has 3 aromatic rings. The summed E-state index contributed by atoms with van der Waals surface area (Å²) < 4.78 is 40.4. The van der Waals surface area contributed by atoms with Crippen LogP contribution in [0.25, 0.3) is 21.7 Å². The maximum absolute atomic E-state index is 12.2. The fraction of sp³-hybridized carbons (Fsp3) is 0.154. The number of nitrogens with zero attached hydrogens (tertiary/aromatic N) is 1. The molecule has 0 atom stereocenters. The lowest BCUT2D eigenvalue weighted by Crippen LogP contribution is -2.16. The summed E-state index contributed by atoms with van der Waals surface area (Å²) in [5.74, 6) is 0.379. The van der Waals surface area contributed by atoms with Crippen molar-refractivity contribution in [2.24, 2.45) is 0 Å². The van der Waals surface area contributed by atoms with Crippen molar-refractivity contribution in [2.45, 2.75) is 13.3 Å². The first-order valence-corrected chi connectivity index (χ1v) is 6.60. The number of imidazole rings is 1. The molecule has 0 spiro atoms. The number of hydrogen-bond donors (Lipinski definition) is 1. The predicted octanol–water partition coefficient (Wildman–Crippen LogP) is 4.50. The van der Waals surface area contributed by atoms with Crippen molar-refractivity contribution in [3.05, 3.63) is 35.2 Å². The second kappa shape index (κ2) is 4.52. The van der Waals surface area contributed by atoms with E-state index in [1.165, 1.54) is 29.5 Å². The first kappa shape index (κ1) is 13.0. The minimum absolute atomic E-state index is 0.262. The normalized spacial score (nSPS) is 12.0. The van der Waals surface area contributed by atoms with E-state index in [1.54, 1.807) is 0 Å². The van der Waals surface area contributed by atoms with Gasteiger partial charge in [0.05, 0.1) is 15.9 Å². The molecule has 0 bridgehead atoms. The molecule has 0 aliphatic carbocycles. The maximum atomic E-state index is 12.2. The van der Waals surface area contributed by atoms with Crippen molar-refractivity contribution in [1.29, 1.82) is 0 Å². The number of H-pyrrole nitrogens is 1. The highest BCUT2D eigenvalue weighted by Crippen LogP contribution is 2.29. The van der Waals surface area contributed by atoms with Crippen molar-refractivity contribution in [3.8, 4) is 16.5 Å². The van der Waals surface area contributed by atoms with Crippen molar-refractivity contribution in [2.75, 3.05) is 0 Å². The summed E-state index contributed by atoms with van der Waals surface area (Å²) in [6, 6.07) is 6.01. The molecule has 0 aliphatic rings. The molecule has 1 aromatic carbocycles. The van der Waals surface area contributed by atoms with Crippen molar-refractivity contribution in [1.82, 2.24) is 9.97 Å². The van der Waals surface area contributed by atoms with Crippen LogP contribution in [0, 0.1) is 6.92 Å². The number of halogens is 3. The zero-order valence-electron chi connectivity index (χ0n) is 10.3. The monoisotopic (exact) mass is 298 g/mol. The van der Waals surface area contributed by atoms with Gasteiger partial charge in [0.25, 0.3) is 0 Å². The number of ether oxygens (including phenoxy) is 1. The quantitative estimate of drug-likeness (QED) is 0.756. The number of aryl methyl sites for hydroxylation is 1. The van der Waals surface area contributed by atoms with E-state index in [-0.39, 0.29) is 5.75 Å². The summed E-state index contributed by atoms with van der Waals surface area (Å²) in [6.07, 6.45) is -4.69. The molecule has 0 unspecified atom stereocenters. The van der Waals surface area contributed by atoms with Crippen molar-refractivity contribution < 1.29 is 17.9 Å². The first-order valence-electron chi connectivity index (χ1n) is 5.72. The topological polar surface area (TPSA) is 37.9 Å². The van der Waals surface area contributed by atoms with Crippen LogP contribution in [0.1, 0.15) is 5.56 Å². The number of alkyl halides is 3. The zero-order chi connectivity index (χ0) is 14.3. The van der Waals surface area contributed by atoms with Gasteiger partial charge in [0.15, 0.2) is 0 Å². The maximum Gasteiger partial charge on any atom is 0.573 e. The van der Waals surface area contributed by atoms with Crippen molar-refractivity contribution in [3.63, 3.8) is 0 Å². The third kappa shape index (κ3) is 2.62. The molecule has 0 amide bonds. The summed E-state index contributed by atoms with van der Waals surface area (Å²) in [5, 5.41) is 1.99. The van der Waals surface area contributed by atoms with Crippen LogP contribution in [0.5, 0.6) is 5.75 Å². The van der Waals surface area contributed by atoms with Crippen LogP contribution in [-0.2, 0) is 0 Å². The zero-order valence-corrected chi connectivity index (χ0v) is 11.1. The van der Waals surface area contributed by atoms with Crippen LogP contribution in [0.3, 0.4) is 0 Å². The van der Waals surface area contributed by atoms with Gasteiger partial charge in [-0.05, 0) is 36.1 Å². The molecule has 3 rings (SSSR count). The summed E-state index contributed by atoms with van der Waals surface area (Å²) in [4.78, 5) is 8.30. The third-order valence-corrected chi connectivity index (χ3v) is 3.71. The Hall–Kier alpha value is -2.02. The minimum Gasteiger partial charge on any atom is -0.406 e. The lowest BCUT2D eigenvalue weighted by molar-refractivity contribution is -0.274. The predicted molar refractivity (Wildman–Crippen MR) is 70.8 cm³/mol. The van der Waals surface area contributed by atoms with Crippen LogP contribution in [0.15, 0.2) is 29.6 Å². The molecule has 7 heteroatoms. The van der Waals surface area contributed by atoms with Gasteiger partial charge in [-0.25, -0.2) is 4.98 Å².